The molecule has 0 saturated carbocycles. The maximum Gasteiger partial charge on any atom is 0.339 e. The molecule has 0 radical (unpaired) electrons. The number of benzene rings is 2. The minimum absolute atomic E-state index is 0.0314. The summed E-state index contributed by atoms with van der Waals surface area (Å²) in [5.41, 5.74) is 2.31. The van der Waals surface area contributed by atoms with Gasteiger partial charge in [0, 0.05) is 17.7 Å². The molecule has 0 spiro atoms. The fraction of sp³-hybridized carbons (Fsp3) is 0.222. The van der Waals surface area contributed by atoms with Gasteiger partial charge in [0.15, 0.2) is 6.10 Å². The molecule has 0 heterocycles. The molecule has 0 N–H and O–H groups in total. The SMILES string of the molecule is Cc1ccc(C(=O)[C@@H](C)OC(=O)c2cccc([N+](=O)[O-])c2)cc1C. The second-order valence-corrected chi connectivity index (χ2v) is 5.52. The average Bonchev–Trinajstić information content (AvgIpc) is 2.56. The zero-order valence-electron chi connectivity index (χ0n) is 13.6. The summed E-state index contributed by atoms with van der Waals surface area (Å²) >= 11 is 0. The topological polar surface area (TPSA) is 86.5 Å². The molecule has 0 fully saturated rings. The average molecular weight is 327 g/mol. The third-order valence-corrected chi connectivity index (χ3v) is 3.74. The summed E-state index contributed by atoms with van der Waals surface area (Å²) in [6.45, 7) is 5.31. The van der Waals surface area contributed by atoms with Crippen LogP contribution < -0.4 is 0 Å². The number of nitro benzene ring substituents is 1. The van der Waals surface area contributed by atoms with Gasteiger partial charge in [-0.3, -0.25) is 14.9 Å². The fourth-order valence-electron chi connectivity index (χ4n) is 2.16. The van der Waals surface area contributed by atoms with Gasteiger partial charge in [-0.05, 0) is 44.0 Å². The lowest BCUT2D eigenvalue weighted by atomic mass is 10.0. The third kappa shape index (κ3) is 3.84. The lowest BCUT2D eigenvalue weighted by molar-refractivity contribution is -0.384. The fourth-order valence-corrected chi connectivity index (χ4v) is 2.16. The first-order chi connectivity index (χ1) is 11.3. The summed E-state index contributed by atoms with van der Waals surface area (Å²) in [6.07, 6.45) is -0.987. The monoisotopic (exact) mass is 327 g/mol. The normalized spacial score (nSPS) is 11.6. The van der Waals surface area contributed by atoms with Crippen LogP contribution in [0.1, 0.15) is 38.8 Å². The molecule has 0 unspecified atom stereocenters. The van der Waals surface area contributed by atoms with Crippen molar-refractivity contribution in [2.24, 2.45) is 0 Å². The number of carbonyl (C=O) groups is 2. The molecule has 24 heavy (non-hydrogen) atoms. The Bertz CT molecular complexity index is 813. The summed E-state index contributed by atoms with van der Waals surface area (Å²) in [4.78, 5) is 34.6. The number of ketones is 1. The van der Waals surface area contributed by atoms with Crippen LogP contribution in [-0.2, 0) is 4.74 Å². The van der Waals surface area contributed by atoms with Gasteiger partial charge in [0.1, 0.15) is 0 Å². The molecule has 6 nitrogen and oxygen atoms in total. The lowest BCUT2D eigenvalue weighted by Crippen LogP contribution is -2.24. The number of non-ortho nitro benzene ring substituents is 1. The molecule has 0 saturated heterocycles. The van der Waals surface area contributed by atoms with E-state index in [0.717, 1.165) is 17.2 Å². The van der Waals surface area contributed by atoms with E-state index in [4.69, 9.17) is 4.74 Å². The summed E-state index contributed by atoms with van der Waals surface area (Å²) in [5.74, 6) is -1.10. The highest BCUT2D eigenvalue weighted by Gasteiger charge is 2.21. The van der Waals surface area contributed by atoms with Crippen LogP contribution in [0.3, 0.4) is 0 Å². The molecular weight excluding hydrogens is 310 g/mol. The van der Waals surface area contributed by atoms with Crippen LogP contribution in [0.15, 0.2) is 42.5 Å². The van der Waals surface area contributed by atoms with E-state index in [2.05, 4.69) is 0 Å². The summed E-state index contributed by atoms with van der Waals surface area (Å²) in [5, 5.41) is 10.7. The van der Waals surface area contributed by atoms with E-state index in [1.807, 2.05) is 19.9 Å². The number of nitrogens with zero attached hydrogens (tertiary/aromatic N) is 1. The second-order valence-electron chi connectivity index (χ2n) is 5.52. The van der Waals surface area contributed by atoms with E-state index in [1.54, 1.807) is 12.1 Å². The molecule has 2 rings (SSSR count). The number of aryl methyl sites for hydroxylation is 2. The highest BCUT2D eigenvalue weighted by molar-refractivity contribution is 6.01. The van der Waals surface area contributed by atoms with Gasteiger partial charge >= 0.3 is 5.97 Å². The number of Topliss-reactive ketones (excluding diaryl/α,β-unsaturated/α-hetero) is 1. The Morgan fingerprint density at radius 1 is 1.04 bits per heavy atom. The van der Waals surface area contributed by atoms with E-state index in [-0.39, 0.29) is 17.0 Å². The van der Waals surface area contributed by atoms with Crippen LogP contribution in [0.5, 0.6) is 0 Å². The number of esters is 1. The Morgan fingerprint density at radius 3 is 2.38 bits per heavy atom. The van der Waals surface area contributed by atoms with Gasteiger partial charge in [0.05, 0.1) is 10.5 Å². The van der Waals surface area contributed by atoms with Gasteiger partial charge < -0.3 is 4.74 Å². The van der Waals surface area contributed by atoms with Crippen molar-refractivity contribution in [1.82, 2.24) is 0 Å². The molecule has 2 aromatic rings. The standard InChI is InChI=1S/C18H17NO5/c1-11-7-8-14(9-12(11)2)17(20)13(3)24-18(21)15-5-4-6-16(10-15)19(22)23/h4-10,13H,1-3H3/t13-/m1/s1. The van der Waals surface area contributed by atoms with Gasteiger partial charge in [-0.15, -0.1) is 0 Å². The van der Waals surface area contributed by atoms with E-state index >= 15 is 0 Å². The first-order valence-corrected chi connectivity index (χ1v) is 7.36. The van der Waals surface area contributed by atoms with Crippen molar-refractivity contribution in [2.45, 2.75) is 26.9 Å². The van der Waals surface area contributed by atoms with E-state index in [0.29, 0.717) is 5.56 Å². The Balaban J connectivity index is 2.13. The van der Waals surface area contributed by atoms with Gasteiger partial charge in [-0.25, -0.2) is 4.79 Å². The van der Waals surface area contributed by atoms with Crippen LogP contribution in [-0.4, -0.2) is 22.8 Å². The first kappa shape index (κ1) is 17.3. The summed E-state index contributed by atoms with van der Waals surface area (Å²) in [7, 11) is 0. The van der Waals surface area contributed by atoms with Crippen molar-refractivity contribution in [3.8, 4) is 0 Å². The van der Waals surface area contributed by atoms with Crippen molar-refractivity contribution in [1.29, 1.82) is 0 Å². The number of nitro groups is 1. The zero-order valence-corrected chi connectivity index (χ0v) is 13.6. The second kappa shape index (κ2) is 7.04. The molecule has 2 aromatic carbocycles. The largest absolute Gasteiger partial charge is 0.451 e. The molecule has 124 valence electrons. The molecule has 0 amide bonds. The van der Waals surface area contributed by atoms with E-state index in [9.17, 15) is 19.7 Å². The van der Waals surface area contributed by atoms with Gasteiger partial charge in [-0.2, -0.15) is 0 Å². The minimum atomic E-state index is -0.987. The Kier molecular flexibility index (Phi) is 5.08. The molecule has 0 bridgehead atoms. The number of hydrogen-bond acceptors (Lipinski definition) is 5. The van der Waals surface area contributed by atoms with Gasteiger partial charge in [0.25, 0.3) is 5.69 Å². The van der Waals surface area contributed by atoms with Gasteiger partial charge in [-0.1, -0.05) is 18.2 Å². The molecule has 0 aliphatic heterocycles. The third-order valence-electron chi connectivity index (χ3n) is 3.74. The van der Waals surface area contributed by atoms with Crippen LogP contribution in [0.25, 0.3) is 0 Å². The molecule has 0 aliphatic rings. The Hall–Kier alpha value is -3.02. The molecule has 0 aliphatic carbocycles. The van der Waals surface area contributed by atoms with Crippen molar-refractivity contribution in [3.05, 3.63) is 74.8 Å². The van der Waals surface area contributed by atoms with Crippen molar-refractivity contribution in [3.63, 3.8) is 0 Å². The maximum atomic E-state index is 12.4. The Labute approximate surface area is 139 Å². The van der Waals surface area contributed by atoms with Crippen molar-refractivity contribution < 1.29 is 19.2 Å². The first-order valence-electron chi connectivity index (χ1n) is 7.36. The maximum absolute atomic E-state index is 12.4. The van der Waals surface area contributed by atoms with Crippen LogP contribution in [0.4, 0.5) is 5.69 Å². The highest BCUT2D eigenvalue weighted by atomic mass is 16.6. The van der Waals surface area contributed by atoms with Crippen LogP contribution in [0, 0.1) is 24.0 Å². The van der Waals surface area contributed by atoms with E-state index < -0.39 is 17.0 Å². The quantitative estimate of drug-likeness (QED) is 0.362. The molecular formula is C18H17NO5. The van der Waals surface area contributed by atoms with Crippen molar-refractivity contribution >= 4 is 17.4 Å². The number of hydrogen-bond donors (Lipinski definition) is 0. The Morgan fingerprint density at radius 2 is 1.75 bits per heavy atom. The molecule has 1 atom stereocenters. The molecule has 6 heteroatoms. The van der Waals surface area contributed by atoms with Crippen LogP contribution >= 0.6 is 0 Å². The number of carbonyl (C=O) groups excluding carboxylic acids is 2. The summed E-state index contributed by atoms with van der Waals surface area (Å²) < 4.78 is 5.15. The highest BCUT2D eigenvalue weighted by Crippen LogP contribution is 2.16. The minimum Gasteiger partial charge on any atom is -0.451 e. The summed E-state index contributed by atoms with van der Waals surface area (Å²) in [6, 6.07) is 10.5. The smallest absolute Gasteiger partial charge is 0.339 e. The predicted molar refractivity (Wildman–Crippen MR) is 88.2 cm³/mol. The zero-order chi connectivity index (χ0) is 17.9. The lowest BCUT2D eigenvalue weighted by Gasteiger charge is -2.13. The van der Waals surface area contributed by atoms with Crippen molar-refractivity contribution in [2.75, 3.05) is 0 Å². The number of ether oxygens (including phenoxy) is 1. The number of rotatable bonds is 5. The van der Waals surface area contributed by atoms with Gasteiger partial charge in [0.2, 0.25) is 5.78 Å². The predicted octanol–water partition coefficient (Wildman–Crippen LogP) is 3.64. The van der Waals surface area contributed by atoms with E-state index in [1.165, 1.54) is 25.1 Å². The van der Waals surface area contributed by atoms with Crippen LogP contribution in [0.2, 0.25) is 0 Å². The molecule has 0 aromatic heterocycles.